The molecule has 0 aliphatic carbocycles. The van der Waals surface area contributed by atoms with Crippen LogP contribution in [0, 0.1) is 0 Å². The van der Waals surface area contributed by atoms with Crippen LogP contribution in [0.25, 0.3) is 0 Å². The lowest BCUT2D eigenvalue weighted by Gasteiger charge is -2.09. The molecule has 0 amide bonds. The molecule has 1 unspecified atom stereocenters. The minimum absolute atomic E-state index is 0.434. The molecule has 6 nitrogen and oxygen atoms in total. The molecular formula is C10H13N5O. The van der Waals surface area contributed by atoms with Crippen molar-refractivity contribution in [3.8, 4) is 0 Å². The molecule has 0 saturated carbocycles. The molecule has 0 bridgehead atoms. The standard InChI is InChI=1S/C10H13N5O/c16-10(5-15-8-12-7-14-15)2-1-9-3-4-11-6-13-9/h3-4,6-8,10,16H,1-2,5H2. The molecular weight excluding hydrogens is 206 g/mol. The first kappa shape index (κ1) is 10.7. The van der Waals surface area contributed by atoms with Gasteiger partial charge in [0.25, 0.3) is 0 Å². The fourth-order valence-electron chi connectivity index (χ4n) is 1.41. The van der Waals surface area contributed by atoms with Crippen LogP contribution in [0.5, 0.6) is 0 Å². The van der Waals surface area contributed by atoms with Gasteiger partial charge in [-0.3, -0.25) is 4.68 Å². The number of aliphatic hydroxyl groups excluding tert-OH is 1. The molecule has 84 valence electrons. The van der Waals surface area contributed by atoms with Crippen molar-refractivity contribution >= 4 is 0 Å². The summed E-state index contributed by atoms with van der Waals surface area (Å²) >= 11 is 0. The van der Waals surface area contributed by atoms with Crippen LogP contribution >= 0.6 is 0 Å². The van der Waals surface area contributed by atoms with Crippen molar-refractivity contribution in [3.63, 3.8) is 0 Å². The highest BCUT2D eigenvalue weighted by Gasteiger charge is 2.06. The fourth-order valence-corrected chi connectivity index (χ4v) is 1.41. The Morgan fingerprint density at radius 3 is 2.94 bits per heavy atom. The van der Waals surface area contributed by atoms with Gasteiger partial charge in [-0.15, -0.1) is 0 Å². The summed E-state index contributed by atoms with van der Waals surface area (Å²) in [7, 11) is 0. The first-order valence-electron chi connectivity index (χ1n) is 5.10. The maximum absolute atomic E-state index is 9.75. The van der Waals surface area contributed by atoms with Crippen LogP contribution < -0.4 is 0 Å². The Kier molecular flexibility index (Phi) is 3.55. The summed E-state index contributed by atoms with van der Waals surface area (Å²) in [5.74, 6) is 0. The van der Waals surface area contributed by atoms with E-state index >= 15 is 0 Å². The highest BCUT2D eigenvalue weighted by atomic mass is 16.3. The Morgan fingerprint density at radius 1 is 1.31 bits per heavy atom. The SMILES string of the molecule is OC(CCc1ccncn1)Cn1cncn1. The summed E-state index contributed by atoms with van der Waals surface area (Å²) in [6.45, 7) is 0.463. The van der Waals surface area contributed by atoms with Gasteiger partial charge in [0.1, 0.15) is 19.0 Å². The minimum Gasteiger partial charge on any atom is -0.391 e. The van der Waals surface area contributed by atoms with Crippen LogP contribution in [0.2, 0.25) is 0 Å². The first-order valence-corrected chi connectivity index (χ1v) is 5.10. The van der Waals surface area contributed by atoms with Crippen LogP contribution in [0.1, 0.15) is 12.1 Å². The lowest BCUT2D eigenvalue weighted by atomic mass is 10.1. The summed E-state index contributed by atoms with van der Waals surface area (Å²) < 4.78 is 1.62. The molecule has 2 aromatic heterocycles. The Hall–Kier alpha value is -1.82. The van der Waals surface area contributed by atoms with Crippen molar-refractivity contribution in [3.05, 3.63) is 36.9 Å². The third-order valence-electron chi connectivity index (χ3n) is 2.24. The van der Waals surface area contributed by atoms with E-state index < -0.39 is 6.10 Å². The molecule has 1 atom stereocenters. The van der Waals surface area contributed by atoms with Crippen molar-refractivity contribution in [1.29, 1.82) is 0 Å². The summed E-state index contributed by atoms with van der Waals surface area (Å²) in [6, 6.07) is 1.85. The molecule has 0 aliphatic rings. The summed E-state index contributed by atoms with van der Waals surface area (Å²) in [5, 5.41) is 13.7. The van der Waals surface area contributed by atoms with Gasteiger partial charge in [-0.05, 0) is 18.9 Å². The molecule has 0 fully saturated rings. The molecule has 2 heterocycles. The van der Waals surface area contributed by atoms with E-state index in [0.29, 0.717) is 13.0 Å². The number of aromatic nitrogens is 5. The van der Waals surface area contributed by atoms with Gasteiger partial charge in [0, 0.05) is 11.9 Å². The molecule has 2 rings (SSSR count). The Balaban J connectivity index is 1.78. The van der Waals surface area contributed by atoms with E-state index in [1.54, 1.807) is 17.2 Å². The summed E-state index contributed by atoms with van der Waals surface area (Å²) in [4.78, 5) is 11.7. The lowest BCUT2D eigenvalue weighted by molar-refractivity contribution is 0.139. The monoisotopic (exact) mass is 219 g/mol. The van der Waals surface area contributed by atoms with E-state index in [4.69, 9.17) is 0 Å². The second-order valence-electron chi connectivity index (χ2n) is 3.51. The molecule has 0 saturated heterocycles. The van der Waals surface area contributed by atoms with Gasteiger partial charge in [0.2, 0.25) is 0 Å². The van der Waals surface area contributed by atoms with E-state index in [9.17, 15) is 5.11 Å². The van der Waals surface area contributed by atoms with Gasteiger partial charge in [0.15, 0.2) is 0 Å². The highest BCUT2D eigenvalue weighted by molar-refractivity contribution is 4.97. The van der Waals surface area contributed by atoms with Crippen LogP contribution in [0.3, 0.4) is 0 Å². The second kappa shape index (κ2) is 5.32. The zero-order chi connectivity index (χ0) is 11.2. The van der Waals surface area contributed by atoms with Crippen LogP contribution in [0.4, 0.5) is 0 Å². The summed E-state index contributed by atoms with van der Waals surface area (Å²) in [6.07, 6.45) is 7.21. The number of hydrogen-bond donors (Lipinski definition) is 1. The van der Waals surface area contributed by atoms with E-state index in [1.165, 1.54) is 12.7 Å². The summed E-state index contributed by atoms with van der Waals surface area (Å²) in [5.41, 5.74) is 0.938. The fraction of sp³-hybridized carbons (Fsp3) is 0.400. The largest absolute Gasteiger partial charge is 0.391 e. The Morgan fingerprint density at radius 2 is 2.25 bits per heavy atom. The van der Waals surface area contributed by atoms with Crippen molar-refractivity contribution in [2.24, 2.45) is 0 Å². The third-order valence-corrected chi connectivity index (χ3v) is 2.24. The number of aliphatic hydroxyl groups is 1. The van der Waals surface area contributed by atoms with Crippen molar-refractivity contribution in [2.45, 2.75) is 25.5 Å². The smallest absolute Gasteiger partial charge is 0.137 e. The average Bonchev–Trinajstić information content (AvgIpc) is 2.81. The third kappa shape index (κ3) is 3.09. The van der Waals surface area contributed by atoms with Gasteiger partial charge in [0.05, 0.1) is 12.6 Å². The lowest BCUT2D eigenvalue weighted by Crippen LogP contribution is -2.17. The number of rotatable bonds is 5. The molecule has 1 N–H and O–H groups in total. The van der Waals surface area contributed by atoms with Crippen LogP contribution in [0.15, 0.2) is 31.2 Å². The topological polar surface area (TPSA) is 76.7 Å². The number of aryl methyl sites for hydroxylation is 1. The molecule has 0 aromatic carbocycles. The molecule has 6 heteroatoms. The molecule has 2 aromatic rings. The van der Waals surface area contributed by atoms with Crippen LogP contribution in [-0.2, 0) is 13.0 Å². The average molecular weight is 219 g/mol. The molecule has 0 aliphatic heterocycles. The molecule has 0 spiro atoms. The van der Waals surface area contributed by atoms with Crippen molar-refractivity contribution in [2.75, 3.05) is 0 Å². The quantitative estimate of drug-likeness (QED) is 0.769. The highest BCUT2D eigenvalue weighted by Crippen LogP contribution is 2.02. The predicted octanol–water partition coefficient (Wildman–Crippen LogP) is 0.0618. The maximum Gasteiger partial charge on any atom is 0.137 e. The van der Waals surface area contributed by atoms with E-state index in [1.807, 2.05) is 6.07 Å². The maximum atomic E-state index is 9.75. The van der Waals surface area contributed by atoms with Gasteiger partial charge >= 0.3 is 0 Å². The van der Waals surface area contributed by atoms with E-state index in [0.717, 1.165) is 12.1 Å². The van der Waals surface area contributed by atoms with E-state index in [-0.39, 0.29) is 0 Å². The van der Waals surface area contributed by atoms with Gasteiger partial charge in [-0.25, -0.2) is 15.0 Å². The van der Waals surface area contributed by atoms with Crippen LogP contribution in [-0.4, -0.2) is 35.9 Å². The zero-order valence-corrected chi connectivity index (χ0v) is 8.77. The Labute approximate surface area is 93.0 Å². The van der Waals surface area contributed by atoms with Gasteiger partial charge in [-0.2, -0.15) is 5.10 Å². The van der Waals surface area contributed by atoms with Crippen molar-refractivity contribution < 1.29 is 5.11 Å². The predicted molar refractivity (Wildman–Crippen MR) is 56.4 cm³/mol. The van der Waals surface area contributed by atoms with Crippen molar-refractivity contribution in [1.82, 2.24) is 24.7 Å². The minimum atomic E-state index is -0.434. The number of hydrogen-bond acceptors (Lipinski definition) is 5. The van der Waals surface area contributed by atoms with Gasteiger partial charge < -0.3 is 5.11 Å². The molecule has 16 heavy (non-hydrogen) atoms. The van der Waals surface area contributed by atoms with E-state index in [2.05, 4.69) is 20.1 Å². The molecule has 0 radical (unpaired) electrons. The normalized spacial score (nSPS) is 12.6. The first-order chi connectivity index (χ1) is 7.84. The van der Waals surface area contributed by atoms with Gasteiger partial charge in [-0.1, -0.05) is 0 Å². The number of nitrogens with zero attached hydrogens (tertiary/aromatic N) is 5. The zero-order valence-electron chi connectivity index (χ0n) is 8.77. The Bertz CT molecular complexity index is 402. The second-order valence-corrected chi connectivity index (χ2v) is 3.51.